The van der Waals surface area contributed by atoms with Crippen molar-refractivity contribution in [2.75, 3.05) is 6.61 Å². The molecule has 2 aromatic rings. The number of benzene rings is 2. The highest BCUT2D eigenvalue weighted by Gasteiger charge is 2.14. The van der Waals surface area contributed by atoms with E-state index in [2.05, 4.69) is 5.32 Å². The van der Waals surface area contributed by atoms with Gasteiger partial charge in [0.1, 0.15) is 0 Å². The highest BCUT2D eigenvalue weighted by Crippen LogP contribution is 2.13. The zero-order chi connectivity index (χ0) is 13.7. The summed E-state index contributed by atoms with van der Waals surface area (Å²) in [4.78, 5) is 12.1. The molecule has 0 aliphatic carbocycles. The zero-order valence-electron chi connectivity index (χ0n) is 10.8. The smallest absolute Gasteiger partial charge is 0.251 e. The van der Waals surface area contributed by atoms with Crippen molar-refractivity contribution in [2.24, 2.45) is 0 Å². The molecule has 2 aromatic carbocycles. The minimum Gasteiger partial charge on any atom is -0.394 e. The first-order chi connectivity index (χ1) is 9.20. The number of aryl methyl sites for hydroxylation is 1. The molecule has 0 aliphatic heterocycles. The second-order valence-corrected chi connectivity index (χ2v) is 4.49. The topological polar surface area (TPSA) is 49.3 Å². The first kappa shape index (κ1) is 13.3. The number of hydrogen-bond donors (Lipinski definition) is 2. The van der Waals surface area contributed by atoms with Crippen molar-refractivity contribution >= 4 is 5.91 Å². The first-order valence-corrected chi connectivity index (χ1v) is 6.24. The van der Waals surface area contributed by atoms with Gasteiger partial charge in [-0.05, 0) is 24.6 Å². The fraction of sp³-hybridized carbons (Fsp3) is 0.188. The van der Waals surface area contributed by atoms with Gasteiger partial charge in [-0.1, -0.05) is 48.0 Å². The van der Waals surface area contributed by atoms with Gasteiger partial charge in [0.25, 0.3) is 5.91 Å². The molecule has 3 heteroatoms. The van der Waals surface area contributed by atoms with Crippen LogP contribution in [0.15, 0.2) is 54.6 Å². The van der Waals surface area contributed by atoms with E-state index >= 15 is 0 Å². The van der Waals surface area contributed by atoms with Crippen molar-refractivity contribution in [3.8, 4) is 0 Å². The summed E-state index contributed by atoms with van der Waals surface area (Å²) >= 11 is 0. The van der Waals surface area contributed by atoms with E-state index in [1.54, 1.807) is 12.1 Å². The lowest BCUT2D eigenvalue weighted by Crippen LogP contribution is -2.30. The normalized spacial score (nSPS) is 11.9. The number of hydrogen-bond acceptors (Lipinski definition) is 2. The van der Waals surface area contributed by atoms with E-state index < -0.39 is 0 Å². The first-order valence-electron chi connectivity index (χ1n) is 6.24. The Bertz CT molecular complexity index is 534. The summed E-state index contributed by atoms with van der Waals surface area (Å²) in [5.74, 6) is -0.178. The maximum absolute atomic E-state index is 12.1. The molecule has 0 saturated heterocycles. The number of carbonyl (C=O) groups excluding carboxylic acids is 1. The summed E-state index contributed by atoms with van der Waals surface area (Å²) in [6, 6.07) is 16.4. The van der Waals surface area contributed by atoms with Crippen molar-refractivity contribution in [2.45, 2.75) is 13.0 Å². The molecule has 0 bridgehead atoms. The molecule has 19 heavy (non-hydrogen) atoms. The third-order valence-corrected chi connectivity index (χ3v) is 3.00. The fourth-order valence-electron chi connectivity index (χ4n) is 1.87. The molecule has 98 valence electrons. The quantitative estimate of drug-likeness (QED) is 0.881. The number of rotatable bonds is 4. The largest absolute Gasteiger partial charge is 0.394 e. The summed E-state index contributed by atoms with van der Waals surface area (Å²) in [5, 5.41) is 12.2. The monoisotopic (exact) mass is 255 g/mol. The summed E-state index contributed by atoms with van der Waals surface area (Å²) in [6.07, 6.45) is 0. The van der Waals surface area contributed by atoms with Gasteiger partial charge in [0.2, 0.25) is 0 Å². The van der Waals surface area contributed by atoms with Gasteiger partial charge in [0.05, 0.1) is 12.6 Å². The molecule has 2 N–H and O–H groups in total. The molecular weight excluding hydrogens is 238 g/mol. The highest BCUT2D eigenvalue weighted by molar-refractivity contribution is 5.94. The van der Waals surface area contributed by atoms with Gasteiger partial charge in [0, 0.05) is 5.56 Å². The van der Waals surface area contributed by atoms with Crippen LogP contribution in [0.5, 0.6) is 0 Å². The van der Waals surface area contributed by atoms with Gasteiger partial charge < -0.3 is 10.4 Å². The van der Waals surface area contributed by atoms with Crippen LogP contribution in [0.3, 0.4) is 0 Å². The van der Waals surface area contributed by atoms with Crippen molar-refractivity contribution in [1.82, 2.24) is 5.32 Å². The average molecular weight is 255 g/mol. The van der Waals surface area contributed by atoms with Crippen molar-refractivity contribution < 1.29 is 9.90 Å². The number of aliphatic hydroxyl groups is 1. The van der Waals surface area contributed by atoms with Crippen LogP contribution in [0.25, 0.3) is 0 Å². The maximum Gasteiger partial charge on any atom is 0.251 e. The molecule has 0 aliphatic rings. The minimum absolute atomic E-state index is 0.123. The second-order valence-electron chi connectivity index (χ2n) is 4.49. The lowest BCUT2D eigenvalue weighted by molar-refractivity contribution is 0.0916. The van der Waals surface area contributed by atoms with Crippen LogP contribution in [0.1, 0.15) is 27.5 Å². The fourth-order valence-corrected chi connectivity index (χ4v) is 1.87. The molecule has 2 rings (SSSR count). The molecule has 0 fully saturated rings. The van der Waals surface area contributed by atoms with Crippen LogP contribution < -0.4 is 5.32 Å². The van der Waals surface area contributed by atoms with Crippen LogP contribution in [-0.2, 0) is 0 Å². The maximum atomic E-state index is 12.1. The van der Waals surface area contributed by atoms with E-state index in [0.29, 0.717) is 5.56 Å². The van der Waals surface area contributed by atoms with Gasteiger partial charge in [-0.25, -0.2) is 0 Å². The van der Waals surface area contributed by atoms with Gasteiger partial charge in [0.15, 0.2) is 0 Å². The predicted molar refractivity (Wildman–Crippen MR) is 74.9 cm³/mol. The third-order valence-electron chi connectivity index (χ3n) is 3.00. The van der Waals surface area contributed by atoms with Crippen LogP contribution in [-0.4, -0.2) is 17.6 Å². The molecule has 0 heterocycles. The Kier molecular flexibility index (Phi) is 4.31. The standard InChI is InChI=1S/C16H17NO2/c1-12-7-9-14(10-8-12)16(19)17-15(11-18)13-5-3-2-4-6-13/h2-10,15,18H,11H2,1H3,(H,17,19). The Morgan fingerprint density at radius 3 is 2.32 bits per heavy atom. The molecule has 1 unspecified atom stereocenters. The summed E-state index contributed by atoms with van der Waals surface area (Å²) < 4.78 is 0. The number of amides is 1. The van der Waals surface area contributed by atoms with Crippen molar-refractivity contribution in [3.63, 3.8) is 0 Å². The molecule has 3 nitrogen and oxygen atoms in total. The molecule has 0 radical (unpaired) electrons. The lowest BCUT2D eigenvalue weighted by Gasteiger charge is -2.16. The van der Waals surface area contributed by atoms with E-state index in [-0.39, 0.29) is 18.6 Å². The van der Waals surface area contributed by atoms with Gasteiger partial charge in [-0.2, -0.15) is 0 Å². The second kappa shape index (κ2) is 6.16. The Morgan fingerprint density at radius 1 is 1.11 bits per heavy atom. The van der Waals surface area contributed by atoms with Crippen molar-refractivity contribution in [3.05, 3.63) is 71.3 Å². The molecular formula is C16H17NO2. The Morgan fingerprint density at radius 2 is 1.74 bits per heavy atom. The predicted octanol–water partition coefficient (Wildman–Crippen LogP) is 2.46. The number of carbonyl (C=O) groups is 1. The van der Waals surface area contributed by atoms with Crippen LogP contribution in [0.2, 0.25) is 0 Å². The number of aliphatic hydroxyl groups excluding tert-OH is 1. The highest BCUT2D eigenvalue weighted by atomic mass is 16.3. The van der Waals surface area contributed by atoms with Crippen LogP contribution in [0, 0.1) is 6.92 Å². The molecule has 0 spiro atoms. The lowest BCUT2D eigenvalue weighted by atomic mass is 10.1. The van der Waals surface area contributed by atoms with E-state index in [0.717, 1.165) is 11.1 Å². The van der Waals surface area contributed by atoms with Gasteiger partial charge >= 0.3 is 0 Å². The summed E-state index contributed by atoms with van der Waals surface area (Å²) in [5.41, 5.74) is 2.60. The van der Waals surface area contributed by atoms with E-state index in [9.17, 15) is 9.90 Å². The average Bonchev–Trinajstić information content (AvgIpc) is 2.46. The van der Waals surface area contributed by atoms with Gasteiger partial charge in [-0.3, -0.25) is 4.79 Å². The van der Waals surface area contributed by atoms with E-state index in [1.165, 1.54) is 0 Å². The molecule has 1 amide bonds. The molecule has 0 saturated carbocycles. The van der Waals surface area contributed by atoms with E-state index in [1.807, 2.05) is 49.4 Å². The molecule has 1 atom stereocenters. The Labute approximate surface area is 112 Å². The van der Waals surface area contributed by atoms with Gasteiger partial charge in [-0.15, -0.1) is 0 Å². The van der Waals surface area contributed by atoms with Crippen molar-refractivity contribution in [1.29, 1.82) is 0 Å². The molecule has 0 aromatic heterocycles. The van der Waals surface area contributed by atoms with E-state index in [4.69, 9.17) is 0 Å². The minimum atomic E-state index is -0.380. The summed E-state index contributed by atoms with van der Waals surface area (Å²) in [6.45, 7) is 1.85. The third kappa shape index (κ3) is 3.42. The zero-order valence-corrected chi connectivity index (χ0v) is 10.8. The Hall–Kier alpha value is -2.13. The summed E-state index contributed by atoms with van der Waals surface area (Å²) in [7, 11) is 0. The number of nitrogens with one attached hydrogen (secondary N) is 1. The van der Waals surface area contributed by atoms with Crippen LogP contribution in [0.4, 0.5) is 0 Å². The Balaban J connectivity index is 2.10. The SMILES string of the molecule is Cc1ccc(C(=O)NC(CO)c2ccccc2)cc1. The van der Waals surface area contributed by atoms with Crippen LogP contribution >= 0.6 is 0 Å².